The topological polar surface area (TPSA) is 44.9 Å². The third kappa shape index (κ3) is 4.35. The number of nitrogens with one attached hydrogen (secondary N) is 2. The maximum Gasteiger partial charge on any atom is 0.220 e. The average Bonchev–Trinajstić information content (AvgIpc) is 2.89. The van der Waals surface area contributed by atoms with Crippen LogP contribution in [0.25, 0.3) is 10.9 Å². The number of hydrogen-bond acceptors (Lipinski definition) is 1. The minimum atomic E-state index is 0.163. The Balaban J connectivity index is 1.78. The molecule has 0 spiro atoms. The molecule has 0 saturated carbocycles. The zero-order chi connectivity index (χ0) is 15.3. The predicted molar refractivity (Wildman–Crippen MR) is 88.3 cm³/mol. The van der Waals surface area contributed by atoms with E-state index in [1.807, 2.05) is 6.07 Å². The van der Waals surface area contributed by atoms with Crippen LogP contribution in [0.5, 0.6) is 0 Å². The summed E-state index contributed by atoms with van der Waals surface area (Å²) in [6.45, 7) is 7.27. The smallest absolute Gasteiger partial charge is 0.220 e. The zero-order valence-electron chi connectivity index (χ0n) is 13.3. The molecule has 2 rings (SSSR count). The molecular formula is C18H26N2O. The number of fused-ring (bicyclic) bond motifs is 1. The minimum absolute atomic E-state index is 0.163. The van der Waals surface area contributed by atoms with Gasteiger partial charge in [0.1, 0.15) is 0 Å². The van der Waals surface area contributed by atoms with Gasteiger partial charge >= 0.3 is 0 Å². The van der Waals surface area contributed by atoms with Crippen molar-refractivity contribution in [3.63, 3.8) is 0 Å². The Morgan fingerprint density at radius 1 is 1.29 bits per heavy atom. The quantitative estimate of drug-likeness (QED) is 0.792. The fraction of sp³-hybridized carbons (Fsp3) is 0.500. The lowest BCUT2D eigenvalue weighted by Crippen LogP contribution is -2.33. The van der Waals surface area contributed by atoms with E-state index in [0.717, 1.165) is 25.8 Å². The first kappa shape index (κ1) is 15.6. The summed E-state index contributed by atoms with van der Waals surface area (Å²) in [5, 5.41) is 4.31. The Labute approximate surface area is 127 Å². The third-order valence-corrected chi connectivity index (χ3v) is 4.25. The summed E-state index contributed by atoms with van der Waals surface area (Å²) in [6.07, 6.45) is 5.56. The number of carbonyl (C=O) groups excluding carboxylic acids is 1. The second-order valence-corrected chi connectivity index (χ2v) is 6.51. The lowest BCUT2D eigenvalue weighted by Gasteiger charge is -2.22. The molecule has 2 N–H and O–H groups in total. The zero-order valence-corrected chi connectivity index (χ0v) is 13.3. The highest BCUT2D eigenvalue weighted by Crippen LogP contribution is 2.20. The molecule has 0 bridgehead atoms. The van der Waals surface area contributed by atoms with E-state index >= 15 is 0 Å². The van der Waals surface area contributed by atoms with Crippen LogP contribution in [-0.2, 0) is 11.2 Å². The standard InChI is InChI=1S/C18H26N2O/c1-4-18(2,3)13-20-17(21)11-7-8-14-12-19-16-10-6-5-9-15(14)16/h5-6,9-10,12,19H,4,7-8,11,13H2,1-3H3,(H,20,21). The van der Waals surface area contributed by atoms with Crippen molar-refractivity contribution < 1.29 is 4.79 Å². The van der Waals surface area contributed by atoms with Gasteiger partial charge in [0, 0.05) is 30.1 Å². The molecule has 1 heterocycles. The monoisotopic (exact) mass is 286 g/mol. The van der Waals surface area contributed by atoms with Crippen molar-refractivity contribution in [1.29, 1.82) is 0 Å². The Morgan fingerprint density at radius 3 is 2.81 bits per heavy atom. The molecule has 3 heteroatoms. The predicted octanol–water partition coefficient (Wildman–Crippen LogP) is 4.04. The Bertz CT molecular complexity index is 598. The van der Waals surface area contributed by atoms with Gasteiger partial charge in [-0.2, -0.15) is 0 Å². The number of hydrogen-bond donors (Lipinski definition) is 2. The molecule has 1 amide bonds. The van der Waals surface area contributed by atoms with Gasteiger partial charge in [0.25, 0.3) is 0 Å². The summed E-state index contributed by atoms with van der Waals surface area (Å²) in [5.41, 5.74) is 2.65. The van der Waals surface area contributed by atoms with E-state index < -0.39 is 0 Å². The number of H-pyrrole nitrogens is 1. The van der Waals surface area contributed by atoms with E-state index in [9.17, 15) is 4.79 Å². The number of aryl methyl sites for hydroxylation is 1. The van der Waals surface area contributed by atoms with Crippen molar-refractivity contribution in [3.05, 3.63) is 36.0 Å². The first-order chi connectivity index (χ1) is 10.0. The van der Waals surface area contributed by atoms with Crippen molar-refractivity contribution in [2.24, 2.45) is 5.41 Å². The molecular weight excluding hydrogens is 260 g/mol. The number of rotatable bonds is 7. The number of benzene rings is 1. The molecule has 0 aliphatic carbocycles. The van der Waals surface area contributed by atoms with Gasteiger partial charge in [0.05, 0.1) is 0 Å². The molecule has 0 aliphatic rings. The van der Waals surface area contributed by atoms with Crippen LogP contribution in [-0.4, -0.2) is 17.4 Å². The SMILES string of the molecule is CCC(C)(C)CNC(=O)CCCc1c[nH]c2ccccc12. The second-order valence-electron chi connectivity index (χ2n) is 6.51. The van der Waals surface area contributed by atoms with E-state index in [-0.39, 0.29) is 11.3 Å². The third-order valence-electron chi connectivity index (χ3n) is 4.25. The number of para-hydroxylation sites is 1. The molecule has 0 fully saturated rings. The summed E-state index contributed by atoms with van der Waals surface area (Å²) in [4.78, 5) is 15.2. The lowest BCUT2D eigenvalue weighted by molar-refractivity contribution is -0.121. The number of amides is 1. The molecule has 21 heavy (non-hydrogen) atoms. The molecule has 1 aromatic heterocycles. The number of aromatic amines is 1. The molecule has 0 aliphatic heterocycles. The average molecular weight is 286 g/mol. The van der Waals surface area contributed by atoms with Crippen LogP contribution in [0.4, 0.5) is 0 Å². The molecule has 1 aromatic carbocycles. The Hall–Kier alpha value is -1.77. The van der Waals surface area contributed by atoms with Crippen LogP contribution >= 0.6 is 0 Å². The second kappa shape index (κ2) is 6.79. The van der Waals surface area contributed by atoms with Crippen molar-refractivity contribution in [2.75, 3.05) is 6.54 Å². The summed E-state index contributed by atoms with van der Waals surface area (Å²) >= 11 is 0. The van der Waals surface area contributed by atoms with Crippen molar-refractivity contribution in [2.45, 2.75) is 46.5 Å². The molecule has 0 atom stereocenters. The lowest BCUT2D eigenvalue weighted by atomic mass is 9.90. The summed E-state index contributed by atoms with van der Waals surface area (Å²) < 4.78 is 0. The highest BCUT2D eigenvalue weighted by Gasteiger charge is 2.15. The molecule has 2 aromatic rings. The molecule has 3 nitrogen and oxygen atoms in total. The number of aromatic nitrogens is 1. The van der Waals surface area contributed by atoms with Crippen LogP contribution in [0.1, 0.15) is 45.6 Å². The molecule has 0 unspecified atom stereocenters. The van der Waals surface area contributed by atoms with E-state index in [4.69, 9.17) is 0 Å². The van der Waals surface area contributed by atoms with Gasteiger partial charge < -0.3 is 10.3 Å². The molecule has 0 saturated heterocycles. The van der Waals surface area contributed by atoms with E-state index in [2.05, 4.69) is 55.5 Å². The van der Waals surface area contributed by atoms with Gasteiger partial charge in [0.15, 0.2) is 0 Å². The van der Waals surface area contributed by atoms with Crippen LogP contribution in [0.2, 0.25) is 0 Å². The van der Waals surface area contributed by atoms with Gasteiger partial charge in [-0.25, -0.2) is 0 Å². The maximum atomic E-state index is 11.9. The molecule has 0 radical (unpaired) electrons. The Kier molecular flexibility index (Phi) is 5.05. The van der Waals surface area contributed by atoms with Crippen LogP contribution in [0, 0.1) is 5.41 Å². The van der Waals surface area contributed by atoms with Crippen molar-refractivity contribution in [3.8, 4) is 0 Å². The minimum Gasteiger partial charge on any atom is -0.361 e. The normalized spacial score (nSPS) is 11.8. The van der Waals surface area contributed by atoms with Gasteiger partial charge in [-0.3, -0.25) is 4.79 Å². The fourth-order valence-electron chi connectivity index (χ4n) is 2.33. The molecule has 114 valence electrons. The van der Waals surface area contributed by atoms with Crippen molar-refractivity contribution >= 4 is 16.8 Å². The summed E-state index contributed by atoms with van der Waals surface area (Å²) in [5.74, 6) is 0.163. The highest BCUT2D eigenvalue weighted by atomic mass is 16.1. The highest BCUT2D eigenvalue weighted by molar-refractivity contribution is 5.83. The first-order valence-corrected chi connectivity index (χ1v) is 7.83. The summed E-state index contributed by atoms with van der Waals surface area (Å²) in [6, 6.07) is 8.30. The number of carbonyl (C=O) groups is 1. The first-order valence-electron chi connectivity index (χ1n) is 7.83. The van der Waals surface area contributed by atoms with Crippen LogP contribution in [0.3, 0.4) is 0 Å². The fourth-order valence-corrected chi connectivity index (χ4v) is 2.33. The summed E-state index contributed by atoms with van der Waals surface area (Å²) in [7, 11) is 0. The van der Waals surface area contributed by atoms with Crippen LogP contribution < -0.4 is 5.32 Å². The van der Waals surface area contributed by atoms with Gasteiger partial charge in [-0.15, -0.1) is 0 Å². The van der Waals surface area contributed by atoms with Crippen molar-refractivity contribution in [1.82, 2.24) is 10.3 Å². The Morgan fingerprint density at radius 2 is 2.05 bits per heavy atom. The van der Waals surface area contributed by atoms with E-state index in [1.165, 1.54) is 16.5 Å². The van der Waals surface area contributed by atoms with Crippen LogP contribution in [0.15, 0.2) is 30.5 Å². The van der Waals surface area contributed by atoms with Gasteiger partial charge in [-0.1, -0.05) is 39.0 Å². The van der Waals surface area contributed by atoms with E-state index in [0.29, 0.717) is 6.42 Å². The van der Waals surface area contributed by atoms with Gasteiger partial charge in [0.2, 0.25) is 5.91 Å². The largest absolute Gasteiger partial charge is 0.361 e. The van der Waals surface area contributed by atoms with Gasteiger partial charge in [-0.05, 0) is 36.3 Å². The maximum absolute atomic E-state index is 11.9. The van der Waals surface area contributed by atoms with E-state index in [1.54, 1.807) is 0 Å².